The minimum absolute atomic E-state index is 0. The molecular weight excluding hydrogens is 269 g/mol. The highest BCUT2D eigenvalue weighted by Gasteiger charge is 2.35. The van der Waals surface area contributed by atoms with Crippen LogP contribution in [0.25, 0.3) is 0 Å². The highest BCUT2D eigenvalue weighted by Crippen LogP contribution is 2.18. The Morgan fingerprint density at radius 2 is 1.90 bits per heavy atom. The topological polar surface area (TPSA) is 167 Å². The predicted octanol–water partition coefficient (Wildman–Crippen LogP) is -2.84. The summed E-state index contributed by atoms with van der Waals surface area (Å²) >= 11 is 0. The van der Waals surface area contributed by atoms with Crippen molar-refractivity contribution in [3.8, 4) is 0 Å². The summed E-state index contributed by atoms with van der Waals surface area (Å²) in [4.78, 5) is 34.6. The third kappa shape index (κ3) is 6.00. The molecule has 1 aliphatic heterocycles. The molecule has 1 saturated heterocycles. The third-order valence-electron chi connectivity index (χ3n) is 2.84. The number of hydrogen-bond acceptors (Lipinski definition) is 6. The van der Waals surface area contributed by atoms with Crippen LogP contribution in [0, 0.1) is 0 Å². The monoisotopic (exact) mass is 288 g/mol. The molecule has 0 spiro atoms. The van der Waals surface area contributed by atoms with E-state index in [1.807, 2.05) is 0 Å². The number of carboxylic acid groups (broad SMARTS) is 1. The molecule has 0 saturated carbocycles. The maximum atomic E-state index is 11.9. The van der Waals surface area contributed by atoms with Gasteiger partial charge in [0.15, 0.2) is 0 Å². The zero-order valence-electron chi connectivity index (χ0n) is 10.9. The second kappa shape index (κ2) is 9.29. The Bertz CT molecular complexity index is 354. The maximum absolute atomic E-state index is 11.9. The summed E-state index contributed by atoms with van der Waals surface area (Å²) in [7, 11) is 0. The quantitative estimate of drug-likeness (QED) is 0.339. The summed E-state index contributed by atoms with van der Waals surface area (Å²) in [6.45, 7) is 0.403. The van der Waals surface area contributed by atoms with Gasteiger partial charge < -0.3 is 31.5 Å². The second-order valence-electron chi connectivity index (χ2n) is 4.25. The Kier molecular flexibility index (Phi) is 8.53. The number of carbonyl (C=O) groups is 3. The van der Waals surface area contributed by atoms with Gasteiger partial charge in [-0.25, -0.2) is 4.79 Å². The number of amides is 2. The van der Waals surface area contributed by atoms with Crippen LogP contribution in [0.4, 0.5) is 0 Å². The highest BCUT2D eigenvalue weighted by atomic mass is 16.4. The van der Waals surface area contributed by atoms with Gasteiger partial charge in [0.1, 0.15) is 6.04 Å². The zero-order valence-corrected chi connectivity index (χ0v) is 10.9. The van der Waals surface area contributed by atoms with E-state index < -0.39 is 29.9 Å². The first-order valence-corrected chi connectivity index (χ1v) is 6.02. The Morgan fingerprint density at radius 1 is 1.35 bits per heavy atom. The Hall–Kier alpha value is -1.65. The zero-order chi connectivity index (χ0) is 15.7. The molecule has 0 aromatic rings. The first kappa shape index (κ1) is 18.4. The normalized spacial score (nSPS) is 18.8. The lowest BCUT2D eigenvalue weighted by Crippen LogP contribution is -2.48. The van der Waals surface area contributed by atoms with Crippen molar-refractivity contribution in [3.05, 3.63) is 0 Å². The first-order chi connectivity index (χ1) is 9.34. The van der Waals surface area contributed by atoms with Crippen LogP contribution in [0.5, 0.6) is 0 Å². The molecule has 0 unspecified atom stereocenters. The molecule has 1 aliphatic rings. The molecule has 1 heterocycles. The molecule has 2 atom stereocenters. The summed E-state index contributed by atoms with van der Waals surface area (Å²) in [6.07, 6.45) is 1.28. The van der Waals surface area contributed by atoms with Crippen molar-refractivity contribution in [2.75, 3.05) is 6.54 Å². The number of nitrogens with two attached hydrogens (primary N) is 2. The minimum atomic E-state index is -1.02. The average molecular weight is 288 g/mol. The number of likely N-dealkylation sites (tertiary alicyclic amines) is 1. The van der Waals surface area contributed by atoms with E-state index in [4.69, 9.17) is 26.6 Å². The highest BCUT2D eigenvalue weighted by molar-refractivity contribution is 6.13. The van der Waals surface area contributed by atoms with Gasteiger partial charge in [-0.05, 0) is 19.3 Å². The minimum Gasteiger partial charge on any atom is -0.480 e. The van der Waals surface area contributed by atoms with Crippen molar-refractivity contribution in [2.24, 2.45) is 11.5 Å². The molecular formula is C10H19BN3O6. The molecule has 20 heavy (non-hydrogen) atoms. The number of hydrogen-bond donors (Lipinski definition) is 5. The lowest BCUT2D eigenvalue weighted by Gasteiger charge is -2.24. The van der Waals surface area contributed by atoms with Gasteiger partial charge in [0, 0.05) is 13.0 Å². The van der Waals surface area contributed by atoms with E-state index in [-0.39, 0.29) is 20.5 Å². The van der Waals surface area contributed by atoms with Gasteiger partial charge in [-0.2, -0.15) is 0 Å². The van der Waals surface area contributed by atoms with Crippen LogP contribution in [-0.2, 0) is 14.4 Å². The van der Waals surface area contributed by atoms with Crippen molar-refractivity contribution < 1.29 is 29.5 Å². The second-order valence-corrected chi connectivity index (χ2v) is 4.25. The number of nitrogens with zero attached hydrogens (tertiary/aromatic N) is 1. The van der Waals surface area contributed by atoms with Gasteiger partial charge in [0.05, 0.1) is 6.04 Å². The Morgan fingerprint density at radius 3 is 2.35 bits per heavy atom. The number of carbonyl (C=O) groups excluding carboxylic acids is 2. The molecule has 7 N–H and O–H groups in total. The Balaban J connectivity index is 0.00000110. The van der Waals surface area contributed by atoms with Crippen molar-refractivity contribution in [1.82, 2.24) is 4.90 Å². The molecule has 10 heteroatoms. The van der Waals surface area contributed by atoms with Gasteiger partial charge in [-0.3, -0.25) is 9.59 Å². The summed E-state index contributed by atoms with van der Waals surface area (Å²) in [5, 5.41) is 22.9. The number of primary amides is 1. The molecule has 1 rings (SSSR count). The molecule has 2 amide bonds. The molecule has 0 bridgehead atoms. The SMILES string of the molecule is NC(=O)CC[C@H](N)C(=O)N1CCC[C@H]1C(=O)O.O[B]O. The summed E-state index contributed by atoms with van der Waals surface area (Å²) in [5.74, 6) is -1.96. The van der Waals surface area contributed by atoms with Crippen molar-refractivity contribution >= 4 is 25.5 Å². The van der Waals surface area contributed by atoms with Crippen LogP contribution < -0.4 is 11.5 Å². The lowest BCUT2D eigenvalue weighted by atomic mass is 10.1. The van der Waals surface area contributed by atoms with E-state index in [2.05, 4.69) is 0 Å². The van der Waals surface area contributed by atoms with Crippen LogP contribution in [0.1, 0.15) is 25.7 Å². The van der Waals surface area contributed by atoms with Crippen molar-refractivity contribution in [2.45, 2.75) is 37.8 Å². The number of rotatable bonds is 5. The molecule has 1 radical (unpaired) electrons. The van der Waals surface area contributed by atoms with Crippen LogP contribution >= 0.6 is 0 Å². The van der Waals surface area contributed by atoms with Gasteiger partial charge in [0.25, 0.3) is 0 Å². The summed E-state index contributed by atoms with van der Waals surface area (Å²) in [6, 6.07) is -1.65. The van der Waals surface area contributed by atoms with Gasteiger partial charge in [-0.15, -0.1) is 0 Å². The largest absolute Gasteiger partial charge is 0.482 e. The summed E-state index contributed by atoms with van der Waals surface area (Å²) < 4.78 is 0. The van der Waals surface area contributed by atoms with Crippen LogP contribution in [-0.4, -0.2) is 64.2 Å². The van der Waals surface area contributed by atoms with Crippen LogP contribution in [0.3, 0.4) is 0 Å². The molecule has 0 aliphatic carbocycles. The lowest BCUT2D eigenvalue weighted by molar-refractivity contribution is -0.148. The third-order valence-corrected chi connectivity index (χ3v) is 2.84. The van der Waals surface area contributed by atoms with Crippen molar-refractivity contribution in [3.63, 3.8) is 0 Å². The van der Waals surface area contributed by atoms with Crippen LogP contribution in [0.15, 0.2) is 0 Å². The molecule has 1 fully saturated rings. The fraction of sp³-hybridized carbons (Fsp3) is 0.700. The number of aliphatic carboxylic acids is 1. The summed E-state index contributed by atoms with van der Waals surface area (Å²) in [5.41, 5.74) is 10.6. The molecule has 0 aromatic carbocycles. The predicted molar refractivity (Wildman–Crippen MR) is 69.0 cm³/mol. The van der Waals surface area contributed by atoms with Crippen LogP contribution in [0.2, 0.25) is 0 Å². The first-order valence-electron chi connectivity index (χ1n) is 6.02. The van der Waals surface area contributed by atoms with E-state index in [1.165, 1.54) is 4.90 Å². The molecule has 0 aromatic heterocycles. The van der Waals surface area contributed by atoms with E-state index in [0.717, 1.165) is 0 Å². The van der Waals surface area contributed by atoms with E-state index in [9.17, 15) is 14.4 Å². The standard InChI is InChI=1S/C10H17N3O4.BH2O2/c11-6(3-4-8(12)14)9(15)13-5-1-2-7(13)10(16)17;2-1-3/h6-7H,1-5,11H2,(H2,12,14)(H,16,17);2-3H/t6-,7-;/m0./s1. The van der Waals surface area contributed by atoms with Gasteiger partial charge in [0.2, 0.25) is 11.8 Å². The fourth-order valence-electron chi connectivity index (χ4n) is 1.92. The van der Waals surface area contributed by atoms with E-state index >= 15 is 0 Å². The number of carboxylic acids is 1. The van der Waals surface area contributed by atoms with Gasteiger partial charge >= 0.3 is 13.7 Å². The fourth-order valence-corrected chi connectivity index (χ4v) is 1.92. The average Bonchev–Trinajstić information content (AvgIpc) is 2.85. The molecule has 9 nitrogen and oxygen atoms in total. The smallest absolute Gasteiger partial charge is 0.480 e. The van der Waals surface area contributed by atoms with E-state index in [1.54, 1.807) is 0 Å². The molecule has 113 valence electrons. The van der Waals surface area contributed by atoms with E-state index in [0.29, 0.717) is 19.4 Å². The van der Waals surface area contributed by atoms with Crippen molar-refractivity contribution in [1.29, 1.82) is 0 Å². The maximum Gasteiger partial charge on any atom is 0.482 e. The van der Waals surface area contributed by atoms with Gasteiger partial charge in [-0.1, -0.05) is 0 Å². The Labute approximate surface area is 116 Å².